The zero-order valence-electron chi connectivity index (χ0n) is 17.7. The highest BCUT2D eigenvalue weighted by Gasteiger charge is 2.26. The van der Waals surface area contributed by atoms with Crippen LogP contribution in [0.5, 0.6) is 0 Å². The number of anilines is 1. The highest BCUT2D eigenvalue weighted by molar-refractivity contribution is 7.89. The molecule has 2 aromatic rings. The summed E-state index contributed by atoms with van der Waals surface area (Å²) in [5, 5.41) is 9.22. The van der Waals surface area contributed by atoms with Gasteiger partial charge < -0.3 is 14.9 Å². The maximum absolute atomic E-state index is 13.3. The number of hydrogen-bond donors (Lipinski definition) is 2. The second-order valence-electron chi connectivity index (χ2n) is 7.49. The predicted molar refractivity (Wildman–Crippen MR) is 120 cm³/mol. The first-order chi connectivity index (χ1) is 15.9. The summed E-state index contributed by atoms with van der Waals surface area (Å²) in [5.41, 5.74) is 0.264. The molecule has 10 nitrogen and oxygen atoms in total. The number of thiazole rings is 1. The molecule has 33 heavy (non-hydrogen) atoms. The molecule has 2 aliphatic heterocycles. The van der Waals surface area contributed by atoms with Crippen molar-refractivity contribution in [1.82, 2.24) is 14.6 Å². The van der Waals surface area contributed by atoms with Gasteiger partial charge in [-0.25, -0.2) is 13.4 Å². The van der Waals surface area contributed by atoms with Crippen LogP contribution >= 0.6 is 11.3 Å². The fourth-order valence-corrected chi connectivity index (χ4v) is 5.43. The van der Waals surface area contributed by atoms with Crippen molar-refractivity contribution < 1.29 is 27.2 Å². The van der Waals surface area contributed by atoms with Crippen LogP contribution < -0.4 is 10.6 Å². The van der Waals surface area contributed by atoms with E-state index in [1.807, 2.05) is 0 Å². The van der Waals surface area contributed by atoms with Crippen LogP contribution in [0.25, 0.3) is 0 Å². The zero-order chi connectivity index (χ0) is 23.3. The monoisotopic (exact) mass is 497 g/mol. The number of aromatic nitrogens is 1. The Bertz CT molecular complexity index is 1090. The molecule has 1 atom stereocenters. The maximum Gasteiger partial charge on any atom is 0.280 e. The average molecular weight is 498 g/mol. The van der Waals surface area contributed by atoms with Crippen LogP contribution in [-0.2, 0) is 24.4 Å². The minimum absolute atomic E-state index is 0.0726. The van der Waals surface area contributed by atoms with E-state index >= 15 is 0 Å². The van der Waals surface area contributed by atoms with Gasteiger partial charge in [0.05, 0.1) is 24.3 Å². The first kappa shape index (κ1) is 23.7. The lowest BCUT2D eigenvalue weighted by molar-refractivity contribution is -0.110. The van der Waals surface area contributed by atoms with Crippen molar-refractivity contribution in [3.05, 3.63) is 41.2 Å². The maximum atomic E-state index is 13.3. The van der Waals surface area contributed by atoms with E-state index in [-0.39, 0.29) is 21.8 Å². The minimum Gasteiger partial charge on any atom is -0.389 e. The van der Waals surface area contributed by atoms with Crippen LogP contribution in [0.2, 0.25) is 0 Å². The third-order valence-corrected chi connectivity index (χ3v) is 7.77. The lowest BCUT2D eigenvalue weighted by atomic mass is 10.1. The number of carbonyl (C=O) groups excluding carboxylic acids is 1. The van der Waals surface area contributed by atoms with Crippen LogP contribution in [-0.4, -0.2) is 74.8 Å². The summed E-state index contributed by atoms with van der Waals surface area (Å²) < 4.78 is 46.0. The molecule has 1 aromatic heterocycles. The van der Waals surface area contributed by atoms with Crippen molar-refractivity contribution in [2.75, 3.05) is 44.7 Å². The van der Waals surface area contributed by atoms with Crippen LogP contribution in [0, 0.1) is 5.13 Å². The molecule has 2 fully saturated rings. The molecule has 1 aromatic carbocycles. The molecule has 0 radical (unpaired) electrons. The van der Waals surface area contributed by atoms with Crippen molar-refractivity contribution in [2.45, 2.75) is 23.8 Å². The van der Waals surface area contributed by atoms with Gasteiger partial charge >= 0.3 is 0 Å². The van der Waals surface area contributed by atoms with Gasteiger partial charge in [0.2, 0.25) is 10.0 Å². The summed E-state index contributed by atoms with van der Waals surface area (Å²) in [5.74, 6) is -0.655. The number of ether oxygens (including phenoxy) is 1. The van der Waals surface area contributed by atoms with E-state index < -0.39 is 21.1 Å². The molecule has 3 heterocycles. The van der Waals surface area contributed by atoms with Gasteiger partial charge in [-0.05, 0) is 25.1 Å². The number of halogens is 1. The number of benzene rings is 1. The van der Waals surface area contributed by atoms with Gasteiger partial charge in [-0.1, -0.05) is 28.6 Å². The third kappa shape index (κ3) is 5.92. The summed E-state index contributed by atoms with van der Waals surface area (Å²) >= 11 is 0.680. The van der Waals surface area contributed by atoms with Crippen molar-refractivity contribution >= 4 is 38.1 Å². The predicted octanol–water partition coefficient (Wildman–Crippen LogP) is 1.41. The molecular formula is C20H24FN5O5S2. The van der Waals surface area contributed by atoms with E-state index in [1.54, 1.807) is 0 Å². The van der Waals surface area contributed by atoms with E-state index in [2.05, 4.69) is 20.8 Å². The van der Waals surface area contributed by atoms with Gasteiger partial charge in [-0.3, -0.25) is 10.1 Å². The van der Waals surface area contributed by atoms with Crippen molar-refractivity contribution in [3.8, 4) is 0 Å². The summed E-state index contributed by atoms with van der Waals surface area (Å²) in [4.78, 5) is 22.2. The molecule has 0 unspecified atom stereocenters. The molecule has 2 N–H and O–H groups in total. The lowest BCUT2D eigenvalue weighted by Gasteiger charge is -2.19. The highest BCUT2D eigenvalue weighted by atomic mass is 32.2. The van der Waals surface area contributed by atoms with Crippen LogP contribution in [0.15, 0.2) is 40.5 Å². The SMILES string of the molecule is O=C(Nc1ncc(F)s1)C(=NO[C@@H]1CCOC1)c1ccc(S(=O)(=O)N2CCCNCC2)cc1. The Kier molecular flexibility index (Phi) is 7.65. The standard InChI is InChI=1S/C20H24FN5O5S2/c21-17-12-23-20(32-17)24-19(27)18(25-31-15-6-11-30-13-15)14-2-4-16(5-3-14)33(28,29)26-9-1-7-22-8-10-26/h2-5,12,15,22H,1,6-11,13H2,(H,23,24,27)/t15-/m1/s1. The zero-order valence-corrected chi connectivity index (χ0v) is 19.3. The van der Waals surface area contributed by atoms with Crippen molar-refractivity contribution in [2.24, 2.45) is 5.16 Å². The number of oxime groups is 1. The smallest absolute Gasteiger partial charge is 0.280 e. The van der Waals surface area contributed by atoms with Gasteiger partial charge in [0.15, 0.2) is 22.1 Å². The second kappa shape index (κ2) is 10.7. The van der Waals surface area contributed by atoms with E-state index in [9.17, 15) is 17.6 Å². The Morgan fingerprint density at radius 1 is 1.30 bits per heavy atom. The van der Waals surface area contributed by atoms with E-state index in [0.29, 0.717) is 56.2 Å². The number of hydrogen-bond acceptors (Lipinski definition) is 9. The van der Waals surface area contributed by atoms with E-state index in [0.717, 1.165) is 19.2 Å². The average Bonchev–Trinajstić information content (AvgIpc) is 3.38. The fraction of sp³-hybridized carbons (Fsp3) is 0.450. The first-order valence-electron chi connectivity index (χ1n) is 10.5. The molecule has 2 aliphatic rings. The van der Waals surface area contributed by atoms with Gasteiger partial charge in [-0.2, -0.15) is 8.70 Å². The number of carbonyl (C=O) groups is 1. The van der Waals surface area contributed by atoms with Gasteiger partial charge in [0.25, 0.3) is 5.91 Å². The Morgan fingerprint density at radius 3 is 2.82 bits per heavy atom. The first-order valence-corrected chi connectivity index (χ1v) is 12.7. The molecular weight excluding hydrogens is 473 g/mol. The molecule has 4 rings (SSSR count). The summed E-state index contributed by atoms with van der Waals surface area (Å²) in [6.07, 6.45) is 2.08. The van der Waals surface area contributed by atoms with Gasteiger partial charge in [-0.15, -0.1) is 0 Å². The number of sulfonamides is 1. The van der Waals surface area contributed by atoms with Crippen molar-refractivity contribution in [3.63, 3.8) is 0 Å². The second-order valence-corrected chi connectivity index (χ2v) is 10.4. The van der Waals surface area contributed by atoms with Gasteiger partial charge in [0, 0.05) is 31.6 Å². The number of nitrogens with zero attached hydrogens (tertiary/aromatic N) is 3. The largest absolute Gasteiger partial charge is 0.389 e. The molecule has 178 valence electrons. The fourth-order valence-electron chi connectivity index (χ4n) is 3.41. The third-order valence-electron chi connectivity index (χ3n) is 5.16. The Hall–Kier alpha value is -2.45. The molecule has 1 amide bonds. The molecule has 2 saturated heterocycles. The minimum atomic E-state index is -3.66. The Labute approximate surface area is 194 Å². The number of nitrogens with one attached hydrogen (secondary N) is 2. The number of rotatable bonds is 7. The molecule has 0 bridgehead atoms. The molecule has 13 heteroatoms. The van der Waals surface area contributed by atoms with E-state index in [1.165, 1.54) is 28.6 Å². The highest BCUT2D eigenvalue weighted by Crippen LogP contribution is 2.20. The van der Waals surface area contributed by atoms with E-state index in [4.69, 9.17) is 9.57 Å². The Balaban J connectivity index is 1.56. The lowest BCUT2D eigenvalue weighted by Crippen LogP contribution is -2.34. The summed E-state index contributed by atoms with van der Waals surface area (Å²) in [6.45, 7) is 3.09. The van der Waals surface area contributed by atoms with Crippen LogP contribution in [0.4, 0.5) is 9.52 Å². The van der Waals surface area contributed by atoms with Crippen molar-refractivity contribution in [1.29, 1.82) is 0 Å². The molecule has 0 aliphatic carbocycles. The summed E-state index contributed by atoms with van der Waals surface area (Å²) in [6, 6.07) is 5.87. The van der Waals surface area contributed by atoms with Crippen LogP contribution in [0.3, 0.4) is 0 Å². The summed E-state index contributed by atoms with van der Waals surface area (Å²) in [7, 11) is -3.66. The molecule has 0 saturated carbocycles. The normalized spacial score (nSPS) is 20.4. The van der Waals surface area contributed by atoms with Gasteiger partial charge in [0.1, 0.15) is 0 Å². The number of amides is 1. The van der Waals surface area contributed by atoms with Crippen LogP contribution in [0.1, 0.15) is 18.4 Å². The topological polar surface area (TPSA) is 122 Å². The quantitative estimate of drug-likeness (QED) is 0.438. The Morgan fingerprint density at radius 2 is 2.12 bits per heavy atom. The molecule has 0 spiro atoms.